The predicted octanol–water partition coefficient (Wildman–Crippen LogP) is 1.17. The van der Waals surface area contributed by atoms with Crippen molar-refractivity contribution >= 4 is 6.29 Å². The number of rotatable bonds is 1. The molecular formula is C6H3F2NO. The third-order valence-corrected chi connectivity index (χ3v) is 0.954. The van der Waals surface area contributed by atoms with Crippen molar-refractivity contribution in [2.45, 2.75) is 0 Å². The Hall–Kier alpha value is -1.32. The monoisotopic (exact) mass is 143 g/mol. The molecule has 0 aliphatic rings. The summed E-state index contributed by atoms with van der Waals surface area (Å²) in [5, 5.41) is 0. The summed E-state index contributed by atoms with van der Waals surface area (Å²) in [5.41, 5.74) is 0.0268. The minimum absolute atomic E-state index is 0.0268. The predicted molar refractivity (Wildman–Crippen MR) is 29.5 cm³/mol. The second-order valence-electron chi connectivity index (χ2n) is 1.66. The Bertz CT molecular complexity index is 262. The first-order valence-electron chi connectivity index (χ1n) is 2.50. The number of hydrogen-bond donors (Lipinski definition) is 0. The van der Waals surface area contributed by atoms with Crippen LogP contribution in [-0.2, 0) is 0 Å². The number of pyridine rings is 1. The van der Waals surface area contributed by atoms with Crippen LogP contribution in [0.3, 0.4) is 0 Å². The van der Waals surface area contributed by atoms with Gasteiger partial charge in [0.2, 0.25) is 5.95 Å². The van der Waals surface area contributed by atoms with Crippen molar-refractivity contribution in [3.8, 4) is 0 Å². The number of halogens is 2. The number of carbonyl (C=O) groups is 1. The molecule has 0 unspecified atom stereocenters. The molecule has 0 saturated carbocycles. The fourth-order valence-electron chi connectivity index (χ4n) is 0.500. The van der Waals surface area contributed by atoms with Gasteiger partial charge in [0.25, 0.3) is 0 Å². The highest BCUT2D eigenvalue weighted by atomic mass is 19.2. The molecule has 0 saturated heterocycles. The number of hydrogen-bond acceptors (Lipinski definition) is 2. The maximum Gasteiger partial charge on any atom is 0.248 e. The van der Waals surface area contributed by atoms with Gasteiger partial charge >= 0.3 is 0 Å². The number of aldehydes is 1. The molecule has 0 aromatic carbocycles. The quantitative estimate of drug-likeness (QED) is 0.436. The normalized spacial score (nSPS) is 9.40. The molecule has 52 valence electrons. The summed E-state index contributed by atoms with van der Waals surface area (Å²) in [6, 6.07) is 0.787. The molecule has 4 heteroatoms. The van der Waals surface area contributed by atoms with E-state index in [0.29, 0.717) is 6.29 Å². The summed E-state index contributed by atoms with van der Waals surface area (Å²) >= 11 is 0. The third kappa shape index (κ3) is 1.15. The Morgan fingerprint density at radius 2 is 2.20 bits per heavy atom. The van der Waals surface area contributed by atoms with Crippen molar-refractivity contribution in [3.05, 3.63) is 29.6 Å². The van der Waals surface area contributed by atoms with Crippen LogP contribution >= 0.6 is 0 Å². The van der Waals surface area contributed by atoms with E-state index in [4.69, 9.17) is 0 Å². The van der Waals surface area contributed by atoms with Crippen LogP contribution in [0.4, 0.5) is 8.78 Å². The maximum absolute atomic E-state index is 12.2. The fraction of sp³-hybridized carbons (Fsp3) is 0. The minimum Gasteiger partial charge on any atom is -0.298 e. The van der Waals surface area contributed by atoms with Gasteiger partial charge < -0.3 is 0 Å². The van der Waals surface area contributed by atoms with E-state index in [2.05, 4.69) is 4.98 Å². The Labute approximate surface area is 55.5 Å². The summed E-state index contributed by atoms with van der Waals surface area (Å²) in [4.78, 5) is 12.9. The lowest BCUT2D eigenvalue weighted by atomic mass is 10.3. The Morgan fingerprint density at radius 1 is 1.50 bits per heavy atom. The van der Waals surface area contributed by atoms with Crippen LogP contribution in [0.5, 0.6) is 0 Å². The zero-order valence-electron chi connectivity index (χ0n) is 4.84. The molecule has 0 aliphatic carbocycles. The van der Waals surface area contributed by atoms with E-state index in [0.717, 1.165) is 12.3 Å². The van der Waals surface area contributed by atoms with Gasteiger partial charge in [0, 0.05) is 11.8 Å². The highest BCUT2D eigenvalue weighted by Gasteiger charge is 2.01. The molecule has 1 heterocycles. The molecule has 0 fully saturated rings. The van der Waals surface area contributed by atoms with Crippen molar-refractivity contribution in [2.75, 3.05) is 0 Å². The van der Waals surface area contributed by atoms with Gasteiger partial charge in [0.15, 0.2) is 12.1 Å². The van der Waals surface area contributed by atoms with Crippen LogP contribution in [0, 0.1) is 11.8 Å². The molecule has 0 N–H and O–H groups in total. The first kappa shape index (κ1) is 6.80. The largest absolute Gasteiger partial charge is 0.298 e. The second-order valence-corrected chi connectivity index (χ2v) is 1.66. The van der Waals surface area contributed by atoms with E-state index in [-0.39, 0.29) is 5.56 Å². The Morgan fingerprint density at radius 3 is 2.70 bits per heavy atom. The van der Waals surface area contributed by atoms with Crippen molar-refractivity contribution in [2.24, 2.45) is 0 Å². The van der Waals surface area contributed by atoms with Gasteiger partial charge in [-0.25, -0.2) is 9.37 Å². The van der Waals surface area contributed by atoms with Gasteiger partial charge in [-0.2, -0.15) is 4.39 Å². The molecule has 1 aromatic rings. The maximum atomic E-state index is 12.2. The summed E-state index contributed by atoms with van der Waals surface area (Å²) in [5.74, 6) is -2.30. The summed E-state index contributed by atoms with van der Waals surface area (Å²) in [7, 11) is 0. The van der Waals surface area contributed by atoms with Gasteiger partial charge in [-0.15, -0.1) is 0 Å². The smallest absolute Gasteiger partial charge is 0.248 e. The third-order valence-electron chi connectivity index (χ3n) is 0.954. The number of carbonyl (C=O) groups excluding carboxylic acids is 1. The van der Waals surface area contributed by atoms with E-state index in [1.165, 1.54) is 0 Å². The van der Waals surface area contributed by atoms with Gasteiger partial charge in [0.1, 0.15) is 0 Å². The van der Waals surface area contributed by atoms with Crippen LogP contribution in [-0.4, -0.2) is 11.3 Å². The van der Waals surface area contributed by atoms with Gasteiger partial charge in [-0.1, -0.05) is 0 Å². The Kier molecular flexibility index (Phi) is 1.71. The topological polar surface area (TPSA) is 30.0 Å². The summed E-state index contributed by atoms with van der Waals surface area (Å²) in [6.07, 6.45) is 1.36. The van der Waals surface area contributed by atoms with Gasteiger partial charge in [-0.3, -0.25) is 4.79 Å². The molecule has 10 heavy (non-hydrogen) atoms. The molecule has 2 nitrogen and oxygen atoms in total. The van der Waals surface area contributed by atoms with Crippen molar-refractivity contribution in [1.29, 1.82) is 0 Å². The van der Waals surface area contributed by atoms with E-state index < -0.39 is 11.8 Å². The molecule has 0 amide bonds. The fourth-order valence-corrected chi connectivity index (χ4v) is 0.500. The molecule has 1 rings (SSSR count). The lowest BCUT2D eigenvalue weighted by Gasteiger charge is -1.90. The van der Waals surface area contributed by atoms with Gasteiger partial charge in [0.05, 0.1) is 0 Å². The van der Waals surface area contributed by atoms with E-state index in [1.54, 1.807) is 0 Å². The van der Waals surface area contributed by atoms with Crippen LogP contribution in [0.2, 0.25) is 0 Å². The molecule has 0 atom stereocenters. The first-order valence-corrected chi connectivity index (χ1v) is 2.50. The van der Waals surface area contributed by atoms with Crippen molar-refractivity contribution in [3.63, 3.8) is 0 Å². The molecule has 0 spiro atoms. The van der Waals surface area contributed by atoms with E-state index >= 15 is 0 Å². The molecule has 0 bridgehead atoms. The molecule has 0 aliphatic heterocycles. The molecule has 0 radical (unpaired) electrons. The lowest BCUT2D eigenvalue weighted by molar-refractivity contribution is 0.112. The summed E-state index contributed by atoms with van der Waals surface area (Å²) < 4.78 is 24.2. The molecule has 1 aromatic heterocycles. The zero-order valence-corrected chi connectivity index (χ0v) is 4.84. The Balaban J connectivity index is 3.16. The van der Waals surface area contributed by atoms with Crippen molar-refractivity contribution in [1.82, 2.24) is 4.98 Å². The average Bonchev–Trinajstić information content (AvgIpc) is 1.95. The van der Waals surface area contributed by atoms with Crippen LogP contribution in [0.25, 0.3) is 0 Å². The van der Waals surface area contributed by atoms with Crippen LogP contribution < -0.4 is 0 Å². The SMILES string of the molecule is O=Cc1cnc(F)c(F)c1. The molecular weight excluding hydrogens is 140 g/mol. The average molecular weight is 143 g/mol. The lowest BCUT2D eigenvalue weighted by Crippen LogP contribution is -1.91. The second kappa shape index (κ2) is 2.51. The van der Waals surface area contributed by atoms with Crippen LogP contribution in [0.1, 0.15) is 10.4 Å². The van der Waals surface area contributed by atoms with Gasteiger partial charge in [-0.05, 0) is 6.07 Å². The minimum atomic E-state index is -1.19. The standard InChI is InChI=1S/C6H3F2NO/c7-5-1-4(3-10)2-9-6(5)8/h1-3H. The summed E-state index contributed by atoms with van der Waals surface area (Å²) in [6.45, 7) is 0. The highest BCUT2D eigenvalue weighted by Crippen LogP contribution is 2.02. The van der Waals surface area contributed by atoms with Crippen molar-refractivity contribution < 1.29 is 13.6 Å². The number of nitrogens with zero attached hydrogens (tertiary/aromatic N) is 1. The highest BCUT2D eigenvalue weighted by molar-refractivity contribution is 5.73. The van der Waals surface area contributed by atoms with E-state index in [9.17, 15) is 13.6 Å². The van der Waals surface area contributed by atoms with E-state index in [1.807, 2.05) is 0 Å². The number of aromatic nitrogens is 1. The zero-order chi connectivity index (χ0) is 7.56. The first-order chi connectivity index (χ1) is 4.74. The van der Waals surface area contributed by atoms with Crippen LogP contribution in [0.15, 0.2) is 12.3 Å².